The van der Waals surface area contributed by atoms with Crippen molar-refractivity contribution < 1.29 is 23.9 Å². The molecule has 3 rings (SSSR count). The first-order valence-corrected chi connectivity index (χ1v) is 10.3. The first kappa shape index (κ1) is 20.7. The highest BCUT2D eigenvalue weighted by molar-refractivity contribution is 9.11. The Labute approximate surface area is 179 Å². The predicted octanol–water partition coefficient (Wildman–Crippen LogP) is 4.91. The zero-order valence-electron chi connectivity index (χ0n) is 15.3. The lowest BCUT2D eigenvalue weighted by Gasteiger charge is -2.35. The van der Waals surface area contributed by atoms with Crippen LogP contribution in [0.3, 0.4) is 0 Å². The van der Waals surface area contributed by atoms with Gasteiger partial charge < -0.3 is 9.47 Å². The monoisotopic (exact) mass is 508 g/mol. The van der Waals surface area contributed by atoms with E-state index >= 15 is 0 Å². The molecule has 0 saturated heterocycles. The first-order valence-electron chi connectivity index (χ1n) is 8.76. The summed E-state index contributed by atoms with van der Waals surface area (Å²) in [5.74, 6) is -3.73. The van der Waals surface area contributed by atoms with Crippen molar-refractivity contribution in [3.63, 3.8) is 0 Å². The molecule has 0 saturated carbocycles. The van der Waals surface area contributed by atoms with Crippen LogP contribution < -0.4 is 4.74 Å². The van der Waals surface area contributed by atoms with Gasteiger partial charge in [-0.15, -0.1) is 0 Å². The Morgan fingerprint density at radius 3 is 2.46 bits per heavy atom. The predicted molar refractivity (Wildman–Crippen MR) is 110 cm³/mol. The van der Waals surface area contributed by atoms with E-state index in [2.05, 4.69) is 31.9 Å². The lowest BCUT2D eigenvalue weighted by atomic mass is 9.71. The SMILES string of the molecule is CCC(C(=O)c1ccccc1)C1c2cc(Br)cc(Br)c2OC(=O)C1C(=O)OC. The van der Waals surface area contributed by atoms with Crippen molar-refractivity contribution in [3.05, 3.63) is 62.5 Å². The number of carbonyl (C=O) groups excluding carboxylic acids is 3. The standard InChI is InChI=1S/C21H18Br2O5/c1-3-13(18(24)11-7-5-4-6-8-11)16-14-9-12(22)10-15(23)19(14)28-21(26)17(16)20(25)27-2/h4-10,13,16-17H,3H2,1-2H3. The summed E-state index contributed by atoms with van der Waals surface area (Å²) < 4.78 is 11.6. The number of rotatable bonds is 5. The summed E-state index contributed by atoms with van der Waals surface area (Å²) in [6.45, 7) is 1.87. The van der Waals surface area contributed by atoms with Gasteiger partial charge in [0, 0.05) is 27.4 Å². The average molecular weight is 510 g/mol. The van der Waals surface area contributed by atoms with Gasteiger partial charge in [0.25, 0.3) is 0 Å². The van der Waals surface area contributed by atoms with Crippen molar-refractivity contribution in [1.29, 1.82) is 0 Å². The molecule has 0 radical (unpaired) electrons. The lowest BCUT2D eigenvalue weighted by Crippen LogP contribution is -2.42. The maximum Gasteiger partial charge on any atom is 0.326 e. The molecule has 0 fully saturated rings. The number of ketones is 1. The fourth-order valence-corrected chi connectivity index (χ4v) is 5.00. The van der Waals surface area contributed by atoms with Crippen molar-refractivity contribution in [2.45, 2.75) is 19.3 Å². The number of esters is 2. The molecule has 1 heterocycles. The number of hydrogen-bond acceptors (Lipinski definition) is 5. The Hall–Kier alpha value is -1.99. The van der Waals surface area contributed by atoms with Gasteiger partial charge in [-0.1, -0.05) is 53.2 Å². The summed E-state index contributed by atoms with van der Waals surface area (Å²) in [6.07, 6.45) is 0.447. The Morgan fingerprint density at radius 2 is 1.86 bits per heavy atom. The number of fused-ring (bicyclic) bond motifs is 1. The summed E-state index contributed by atoms with van der Waals surface area (Å²) in [6, 6.07) is 12.4. The second-order valence-electron chi connectivity index (χ2n) is 6.50. The Kier molecular flexibility index (Phi) is 6.35. The molecule has 3 unspecified atom stereocenters. The summed E-state index contributed by atoms with van der Waals surface area (Å²) >= 11 is 6.85. The zero-order valence-corrected chi connectivity index (χ0v) is 18.4. The second-order valence-corrected chi connectivity index (χ2v) is 8.27. The molecule has 0 bridgehead atoms. The number of carbonyl (C=O) groups is 3. The minimum Gasteiger partial charge on any atom is -0.468 e. The topological polar surface area (TPSA) is 69.7 Å². The Bertz CT molecular complexity index is 926. The van der Waals surface area contributed by atoms with Crippen molar-refractivity contribution in [1.82, 2.24) is 0 Å². The van der Waals surface area contributed by atoms with Crippen LogP contribution in [0.5, 0.6) is 5.75 Å². The van der Waals surface area contributed by atoms with E-state index in [4.69, 9.17) is 9.47 Å². The van der Waals surface area contributed by atoms with Crippen LogP contribution in [0.1, 0.15) is 35.2 Å². The largest absolute Gasteiger partial charge is 0.468 e. The first-order chi connectivity index (χ1) is 13.4. The maximum atomic E-state index is 13.3. The smallest absolute Gasteiger partial charge is 0.326 e. The summed E-state index contributed by atoms with van der Waals surface area (Å²) in [7, 11) is 1.22. The van der Waals surface area contributed by atoms with Crippen molar-refractivity contribution in [3.8, 4) is 5.75 Å². The molecule has 0 aromatic heterocycles. The van der Waals surface area contributed by atoms with Crippen LogP contribution >= 0.6 is 31.9 Å². The number of ether oxygens (including phenoxy) is 2. The third-order valence-electron chi connectivity index (χ3n) is 4.94. The van der Waals surface area contributed by atoms with Gasteiger partial charge in [-0.2, -0.15) is 0 Å². The van der Waals surface area contributed by atoms with Crippen LogP contribution in [0, 0.1) is 11.8 Å². The molecular weight excluding hydrogens is 492 g/mol. The van der Waals surface area contributed by atoms with Gasteiger partial charge in [0.2, 0.25) is 0 Å². The Morgan fingerprint density at radius 1 is 1.18 bits per heavy atom. The zero-order chi connectivity index (χ0) is 20.4. The molecule has 1 aliphatic rings. The van der Waals surface area contributed by atoms with Gasteiger partial charge in [-0.3, -0.25) is 14.4 Å². The number of methoxy groups -OCH3 is 1. The van der Waals surface area contributed by atoms with Crippen molar-refractivity contribution in [2.24, 2.45) is 11.8 Å². The summed E-state index contributed by atoms with van der Waals surface area (Å²) in [5, 5.41) is 0. The molecule has 2 aromatic carbocycles. The van der Waals surface area contributed by atoms with E-state index in [1.807, 2.05) is 13.0 Å². The van der Waals surface area contributed by atoms with Gasteiger partial charge in [0.15, 0.2) is 11.7 Å². The molecule has 3 atom stereocenters. The molecule has 0 amide bonds. The number of halogens is 2. The lowest BCUT2D eigenvalue weighted by molar-refractivity contribution is -0.158. The van der Waals surface area contributed by atoms with E-state index in [-0.39, 0.29) is 5.78 Å². The average Bonchev–Trinajstić information content (AvgIpc) is 2.69. The second kappa shape index (κ2) is 8.57. The van der Waals surface area contributed by atoms with Gasteiger partial charge in [0.1, 0.15) is 5.75 Å². The van der Waals surface area contributed by atoms with Gasteiger partial charge in [0.05, 0.1) is 11.6 Å². The fourth-order valence-electron chi connectivity index (χ4n) is 3.66. The third-order valence-corrected chi connectivity index (χ3v) is 5.98. The highest BCUT2D eigenvalue weighted by Gasteiger charge is 2.49. The van der Waals surface area contributed by atoms with E-state index < -0.39 is 29.7 Å². The number of benzene rings is 2. The molecule has 5 nitrogen and oxygen atoms in total. The van der Waals surface area contributed by atoms with Crippen LogP contribution in [-0.4, -0.2) is 24.8 Å². The minimum absolute atomic E-state index is 0.126. The minimum atomic E-state index is -1.21. The Balaban J connectivity index is 2.19. The van der Waals surface area contributed by atoms with Crippen molar-refractivity contribution >= 4 is 49.6 Å². The van der Waals surface area contributed by atoms with Crippen LogP contribution in [0.15, 0.2) is 51.4 Å². The highest BCUT2D eigenvalue weighted by atomic mass is 79.9. The number of hydrogen-bond donors (Lipinski definition) is 0. The summed E-state index contributed by atoms with van der Waals surface area (Å²) in [4.78, 5) is 38.5. The van der Waals surface area contributed by atoms with Crippen LogP contribution in [0.25, 0.3) is 0 Å². The molecular formula is C21H18Br2O5. The van der Waals surface area contributed by atoms with Crippen LogP contribution in [-0.2, 0) is 14.3 Å². The van der Waals surface area contributed by atoms with E-state index in [1.165, 1.54) is 7.11 Å². The molecule has 0 N–H and O–H groups in total. The van der Waals surface area contributed by atoms with Crippen molar-refractivity contribution in [2.75, 3.05) is 7.11 Å². The molecule has 28 heavy (non-hydrogen) atoms. The normalized spacial score (nSPS) is 19.4. The molecule has 7 heteroatoms. The van der Waals surface area contributed by atoms with E-state index in [1.54, 1.807) is 36.4 Å². The van der Waals surface area contributed by atoms with Crippen LogP contribution in [0.4, 0.5) is 0 Å². The number of Topliss-reactive ketones (excluding diaryl/α,β-unsaturated/α-hetero) is 1. The highest BCUT2D eigenvalue weighted by Crippen LogP contribution is 2.48. The molecule has 1 aliphatic heterocycles. The molecule has 146 valence electrons. The van der Waals surface area contributed by atoms with Gasteiger partial charge >= 0.3 is 11.9 Å². The molecule has 0 aliphatic carbocycles. The van der Waals surface area contributed by atoms with E-state index in [9.17, 15) is 14.4 Å². The third kappa shape index (κ3) is 3.78. The van der Waals surface area contributed by atoms with E-state index in [0.29, 0.717) is 27.8 Å². The van der Waals surface area contributed by atoms with E-state index in [0.717, 1.165) is 4.47 Å². The fraction of sp³-hybridized carbons (Fsp3) is 0.286. The quantitative estimate of drug-likeness (QED) is 0.248. The van der Waals surface area contributed by atoms with Gasteiger partial charge in [-0.25, -0.2) is 0 Å². The van der Waals surface area contributed by atoms with Crippen LogP contribution in [0.2, 0.25) is 0 Å². The summed E-state index contributed by atoms with van der Waals surface area (Å²) in [5.41, 5.74) is 1.15. The maximum absolute atomic E-state index is 13.3. The van der Waals surface area contributed by atoms with Gasteiger partial charge in [-0.05, 0) is 34.5 Å². The molecule has 2 aromatic rings. The molecule has 0 spiro atoms.